The van der Waals surface area contributed by atoms with Crippen LogP contribution in [0, 0.1) is 36.8 Å². The van der Waals surface area contributed by atoms with E-state index in [9.17, 15) is 33.4 Å². The first-order chi connectivity index (χ1) is 54.6. The number of nitrogen functional groups attached to an aromatic ring is 2. The fourth-order valence-corrected chi connectivity index (χ4v) is 10.8. The smallest absolute Gasteiger partial charge is 0.312 e. The number of carboxylic acid groups (broad SMARTS) is 1. The van der Waals surface area contributed by atoms with Crippen molar-refractivity contribution in [2.45, 2.75) is 224 Å². The number of carbonyl (C=O) groups is 3. The lowest BCUT2D eigenvalue weighted by molar-refractivity contribution is -0.166. The van der Waals surface area contributed by atoms with E-state index >= 15 is 0 Å². The first-order valence-electron chi connectivity index (χ1n) is 38.8. The Morgan fingerprint density at radius 3 is 1.07 bits per heavy atom. The van der Waals surface area contributed by atoms with E-state index in [4.69, 9.17) is 48.4 Å². The first kappa shape index (κ1) is 93.6. The number of hydrogen-bond acceptors (Lipinski definition) is 17. The SMILES string of the molecule is C#C[C@]1(CO)O[C@@H](n2cnc3c(N)nc(F)nc32)C[C@@H]1O.C#C[C@]1(COC(=O)CC/C=C\C/C=C\C/C=C\C/C=C\C/C=C\C/C=C\CC)O[C@@H](n2cnc3c(N)nc(F)nc32)C[C@@H]1OC(=O)CC/C=C\C/C=C\C/C=C\C/C=C\C/C=C\C/C=C\CC.CC/C=C\C/C=C\C/C=C\C/C=C\C/C=C\C/C=C\CCC(=O)O. The Morgan fingerprint density at radius 2 is 0.768 bits per heavy atom. The number of halogens is 2. The molecule has 2 fully saturated rings. The predicted octanol–water partition coefficient (Wildman–Crippen LogP) is 19.0. The van der Waals surface area contributed by atoms with Crippen LogP contribution in [0.25, 0.3) is 22.3 Å². The Labute approximate surface area is 661 Å². The molecule has 0 aromatic carbocycles. The number of esters is 2. The van der Waals surface area contributed by atoms with Gasteiger partial charge in [0.25, 0.3) is 0 Å². The summed E-state index contributed by atoms with van der Waals surface area (Å²) in [7, 11) is 0. The average Bonchev–Trinajstić information content (AvgIpc) is 1.62. The van der Waals surface area contributed by atoms with Crippen LogP contribution < -0.4 is 11.5 Å². The van der Waals surface area contributed by atoms with E-state index in [0.29, 0.717) is 19.3 Å². The second-order valence-electron chi connectivity index (χ2n) is 25.7. The molecule has 0 bridgehead atoms. The molecule has 0 radical (unpaired) electrons. The summed E-state index contributed by atoms with van der Waals surface area (Å²) in [6.45, 7) is 5.51. The maximum absolute atomic E-state index is 14.2. The summed E-state index contributed by atoms with van der Waals surface area (Å²) in [6.07, 6.45) is 104. The average molecular weight is 1540 g/mol. The Hall–Kier alpha value is -10.8. The van der Waals surface area contributed by atoms with Gasteiger partial charge in [0.2, 0.25) is 5.60 Å². The largest absolute Gasteiger partial charge is 0.481 e. The number of imidazole rings is 2. The minimum atomic E-state index is -1.63. The number of aliphatic hydroxyl groups is 2. The van der Waals surface area contributed by atoms with Gasteiger partial charge in [0.1, 0.15) is 31.3 Å². The molecule has 0 amide bonds. The first-order valence-corrected chi connectivity index (χ1v) is 38.8. The molecule has 0 spiro atoms. The van der Waals surface area contributed by atoms with Crippen LogP contribution in [0.1, 0.15) is 200 Å². The van der Waals surface area contributed by atoms with Gasteiger partial charge in [0.15, 0.2) is 39.6 Å². The topological polar surface area (TPSA) is 288 Å². The number of anilines is 2. The van der Waals surface area contributed by atoms with Crippen LogP contribution in [0.2, 0.25) is 0 Å². The molecule has 0 saturated carbocycles. The molecular weight excluding hydrogens is 1420 g/mol. The summed E-state index contributed by atoms with van der Waals surface area (Å²) in [4.78, 5) is 59.0. The van der Waals surface area contributed by atoms with Gasteiger partial charge < -0.3 is 45.7 Å². The zero-order valence-corrected chi connectivity index (χ0v) is 65.4. The van der Waals surface area contributed by atoms with Crippen LogP contribution in [-0.2, 0) is 33.3 Å². The minimum Gasteiger partial charge on any atom is -0.481 e. The van der Waals surface area contributed by atoms with Gasteiger partial charge in [-0.1, -0.05) is 251 Å². The number of carbonyl (C=O) groups excluding carboxylic acids is 2. The summed E-state index contributed by atoms with van der Waals surface area (Å²) in [6, 6.07) is 0. The number of ether oxygens (including phenoxy) is 4. The van der Waals surface area contributed by atoms with E-state index in [1.165, 1.54) is 21.8 Å². The third-order valence-electron chi connectivity index (χ3n) is 16.8. The van der Waals surface area contributed by atoms with Crippen LogP contribution in [-0.4, -0.2) is 109 Å². The quantitative estimate of drug-likeness (QED) is 0.0119. The van der Waals surface area contributed by atoms with Crippen LogP contribution >= 0.6 is 0 Å². The predicted molar refractivity (Wildman–Crippen MR) is 446 cm³/mol. The van der Waals surface area contributed by atoms with E-state index in [1.54, 1.807) is 0 Å². The van der Waals surface area contributed by atoms with Crippen molar-refractivity contribution < 1.29 is 57.4 Å². The highest BCUT2D eigenvalue weighted by Crippen LogP contribution is 2.41. The second-order valence-corrected chi connectivity index (χ2v) is 25.7. The Morgan fingerprint density at radius 1 is 0.473 bits per heavy atom. The van der Waals surface area contributed by atoms with Crippen LogP contribution in [0.15, 0.2) is 231 Å². The van der Waals surface area contributed by atoms with E-state index < -0.39 is 72.5 Å². The minimum absolute atomic E-state index is 0.0585. The third kappa shape index (κ3) is 37.8. The van der Waals surface area contributed by atoms with Crippen molar-refractivity contribution in [2.75, 3.05) is 24.7 Å². The van der Waals surface area contributed by atoms with E-state index in [0.717, 1.165) is 116 Å². The highest BCUT2D eigenvalue weighted by Gasteiger charge is 2.53. The fourth-order valence-electron chi connectivity index (χ4n) is 10.8. The van der Waals surface area contributed by atoms with Gasteiger partial charge in [0, 0.05) is 32.1 Å². The normalized spacial score (nSPS) is 19.3. The molecule has 4 aromatic heterocycles. The number of aliphatic carboxylic acids is 1. The number of hydrogen-bond donors (Lipinski definition) is 5. The van der Waals surface area contributed by atoms with Crippen molar-refractivity contribution in [1.29, 1.82) is 0 Å². The van der Waals surface area contributed by atoms with Crippen molar-refractivity contribution in [3.05, 3.63) is 244 Å². The van der Waals surface area contributed by atoms with Gasteiger partial charge in [-0.05, 0) is 135 Å². The highest BCUT2D eigenvalue weighted by molar-refractivity contribution is 5.82. The van der Waals surface area contributed by atoms with Crippen molar-refractivity contribution >= 4 is 51.9 Å². The summed E-state index contributed by atoms with van der Waals surface area (Å²) < 4.78 is 53.8. The van der Waals surface area contributed by atoms with Gasteiger partial charge in [0.05, 0.1) is 19.3 Å². The standard InChI is InChI=1S/C56H72FN5O5.C22H32O2.C12H12FN5O3/c1-4-7-9-11-13-15-17-19-21-23-25-27-29-31-33-35-37-39-41-43-50(63)65-46-56(6-3)48(45-49(67-56)62-47-59-52-53(58)60-55(57)61-54(52)62)66-51(64)44-42-40-38-36-34-32-30-28-26-24-22-20-18-16-14-12-10-8-5-2;1-2-3-4-5-6-7-8-9-10-11-12-13-14-15-16-17-18-19-20-21-22(23)24;1-2-12(4-19)6(20)3-7(21-12)18-5-15-8-9(14)16-11(13)17-10(8)18/h3,7-10,13-16,19-22,25-28,31-34,37-40,47-49H,4-5,11-12,17-18,23-24,29-30,35-36,41-46H2,1-2H3,(H2,58,60,61);3-4,6-7,9-10,12-13,15-16,18-19H,2,5,8,11,14,17,20-21H2,1H3,(H,23,24);1,5-7,19-20H,3-4H2,(H2,14,16,17)/b9-7-,10-8-,15-13-,16-14-,21-19-,22-20-,27-25-,28-26-,33-31-,34-32-,39-37-,40-38-;4-3-,7-6-,10-9-,13-12-,16-15-,19-18-;/t48-,49+,56+;;6-,7+,12+/m0.0/s1. The molecule has 6 atom stereocenters. The number of aliphatic hydroxyl groups excluding tert-OH is 2. The number of rotatable bonds is 48. The Balaban J connectivity index is 0.000000471. The van der Waals surface area contributed by atoms with E-state index in [1.807, 2.05) is 36.5 Å². The molecule has 0 aliphatic carbocycles. The molecule has 22 heteroatoms. The highest BCUT2D eigenvalue weighted by atomic mass is 19.1. The molecule has 2 saturated heterocycles. The van der Waals surface area contributed by atoms with Crippen LogP contribution in [0.4, 0.5) is 20.4 Å². The molecule has 0 unspecified atom stereocenters. The number of fused-ring (bicyclic) bond motifs is 2. The van der Waals surface area contributed by atoms with Crippen molar-refractivity contribution in [2.24, 2.45) is 0 Å². The summed E-state index contributed by atoms with van der Waals surface area (Å²) >= 11 is 0. The molecule has 6 heterocycles. The van der Waals surface area contributed by atoms with E-state index in [-0.39, 0.29) is 72.7 Å². The van der Waals surface area contributed by atoms with Crippen molar-refractivity contribution in [3.63, 3.8) is 0 Å². The lowest BCUT2D eigenvalue weighted by Gasteiger charge is -2.28. The van der Waals surface area contributed by atoms with Gasteiger partial charge in [-0.15, -0.1) is 12.8 Å². The third-order valence-corrected chi connectivity index (χ3v) is 16.8. The molecular formula is C90H116F2N10O10. The maximum Gasteiger partial charge on any atom is 0.312 e. The second kappa shape index (κ2) is 58.2. The number of allylic oxidation sites excluding steroid dienone is 36. The molecule has 20 nitrogen and oxygen atoms in total. The molecule has 112 heavy (non-hydrogen) atoms. The van der Waals surface area contributed by atoms with Gasteiger partial charge >= 0.3 is 30.1 Å². The number of terminal acetylenes is 2. The number of aromatic nitrogens is 8. The summed E-state index contributed by atoms with van der Waals surface area (Å²) in [5.74, 6) is 2.89. The van der Waals surface area contributed by atoms with E-state index in [2.05, 4.69) is 245 Å². The number of nitrogens with zero attached hydrogens (tertiary/aromatic N) is 8. The summed E-state index contributed by atoms with van der Waals surface area (Å²) in [5, 5.41) is 27.8. The Kier molecular flexibility index (Phi) is 48.7. The van der Waals surface area contributed by atoms with Crippen molar-refractivity contribution in [1.82, 2.24) is 39.0 Å². The van der Waals surface area contributed by atoms with Crippen LogP contribution in [0.5, 0.6) is 0 Å². The molecule has 600 valence electrons. The zero-order chi connectivity index (χ0) is 81.0. The number of nitrogens with two attached hydrogens (primary N) is 2. The zero-order valence-electron chi connectivity index (χ0n) is 65.4. The van der Waals surface area contributed by atoms with Gasteiger partial charge in [-0.2, -0.15) is 28.7 Å². The molecule has 4 aromatic rings. The van der Waals surface area contributed by atoms with Gasteiger partial charge in [-0.3, -0.25) is 23.5 Å². The molecule has 7 N–H and O–H groups in total. The van der Waals surface area contributed by atoms with Gasteiger partial charge in [-0.25, -0.2) is 9.97 Å². The lowest BCUT2D eigenvalue weighted by atomic mass is 9.98. The molecule has 2 aliphatic heterocycles. The van der Waals surface area contributed by atoms with Crippen molar-refractivity contribution in [3.8, 4) is 24.7 Å². The maximum atomic E-state index is 14.2. The molecule has 6 rings (SSSR count). The monoisotopic (exact) mass is 1530 g/mol. The lowest BCUT2D eigenvalue weighted by Crippen LogP contribution is -2.45. The molecule has 2 aliphatic rings. The Bertz CT molecular complexity index is 4110. The summed E-state index contributed by atoms with van der Waals surface area (Å²) in [5.41, 5.74) is 8.93. The number of carboxylic acids is 1. The van der Waals surface area contributed by atoms with Crippen LogP contribution in [0.3, 0.4) is 0 Å². The fraction of sp³-hybridized carbons (Fsp3) is 0.411.